The summed E-state index contributed by atoms with van der Waals surface area (Å²) in [6.45, 7) is 0.177. The molecule has 0 saturated carbocycles. The number of halogens is 1. The van der Waals surface area contributed by atoms with E-state index in [4.69, 9.17) is 9.84 Å². The van der Waals surface area contributed by atoms with Gasteiger partial charge in [-0.3, -0.25) is 0 Å². The van der Waals surface area contributed by atoms with Crippen molar-refractivity contribution in [3.63, 3.8) is 0 Å². The third-order valence-corrected chi connectivity index (χ3v) is 2.44. The number of methoxy groups -OCH3 is 1. The van der Waals surface area contributed by atoms with Gasteiger partial charge in [0, 0.05) is 20.7 Å². The van der Waals surface area contributed by atoms with Crippen LogP contribution >= 0.6 is 0 Å². The number of benzene rings is 1. The number of carboxylic acids is 1. The molecule has 0 aliphatic carbocycles. The Kier molecular flexibility index (Phi) is 5.06. The minimum atomic E-state index is -1.21. The molecular weight excluding hydrogens is 241 g/mol. The van der Waals surface area contributed by atoms with Gasteiger partial charge in [0.05, 0.1) is 24.0 Å². The summed E-state index contributed by atoms with van der Waals surface area (Å²) >= 11 is 0. The number of carbonyl (C=O) groups is 1. The number of ether oxygens (including phenoxy) is 1. The van der Waals surface area contributed by atoms with Crippen LogP contribution < -0.4 is 4.90 Å². The number of likely N-dealkylation sites (N-methyl/N-ethyl adjacent to an activating group) is 1. The molecule has 0 spiro atoms. The van der Waals surface area contributed by atoms with E-state index in [0.29, 0.717) is 0 Å². The zero-order chi connectivity index (χ0) is 13.7. The Morgan fingerprint density at radius 3 is 2.78 bits per heavy atom. The molecule has 0 aliphatic rings. The van der Waals surface area contributed by atoms with Gasteiger partial charge in [-0.05, 0) is 12.1 Å². The molecule has 1 unspecified atom stereocenters. The van der Waals surface area contributed by atoms with Gasteiger partial charge in [-0.15, -0.1) is 0 Å². The third kappa shape index (κ3) is 3.41. The molecule has 18 heavy (non-hydrogen) atoms. The number of aromatic carboxylic acids is 1. The predicted octanol–water partition coefficient (Wildman–Crippen LogP) is 0.967. The Balaban J connectivity index is 2.97. The topological polar surface area (TPSA) is 70.0 Å². The molecule has 0 radical (unpaired) electrons. The lowest BCUT2D eigenvalue weighted by Gasteiger charge is -2.24. The molecule has 0 heterocycles. The van der Waals surface area contributed by atoms with Crippen molar-refractivity contribution in [3.8, 4) is 0 Å². The molecule has 0 fully saturated rings. The number of aliphatic hydroxyl groups excluding tert-OH is 1. The smallest absolute Gasteiger partial charge is 0.337 e. The van der Waals surface area contributed by atoms with E-state index in [9.17, 15) is 14.3 Å². The molecule has 0 aliphatic heterocycles. The van der Waals surface area contributed by atoms with Crippen LogP contribution in [0, 0.1) is 5.82 Å². The predicted molar refractivity (Wildman–Crippen MR) is 64.5 cm³/mol. The first-order valence-corrected chi connectivity index (χ1v) is 5.37. The number of hydrogen-bond donors (Lipinski definition) is 2. The van der Waals surface area contributed by atoms with Crippen LogP contribution in [0.4, 0.5) is 10.1 Å². The van der Waals surface area contributed by atoms with Crippen LogP contribution in [0.25, 0.3) is 0 Å². The van der Waals surface area contributed by atoms with Gasteiger partial charge in [-0.25, -0.2) is 9.18 Å². The standard InChI is InChI=1S/C12H16FNO4/c1-14(6-8(15)7-18-2)11-9(12(16)17)4-3-5-10(11)13/h3-5,8,15H,6-7H2,1-2H3,(H,16,17). The number of carboxylic acid groups (broad SMARTS) is 1. The summed E-state index contributed by atoms with van der Waals surface area (Å²) in [4.78, 5) is 12.4. The SMILES string of the molecule is COCC(O)CN(C)c1c(F)cccc1C(=O)O. The van der Waals surface area contributed by atoms with E-state index in [2.05, 4.69) is 0 Å². The van der Waals surface area contributed by atoms with Crippen LogP contribution in [0.1, 0.15) is 10.4 Å². The van der Waals surface area contributed by atoms with E-state index >= 15 is 0 Å². The summed E-state index contributed by atoms with van der Waals surface area (Å²) < 4.78 is 18.4. The van der Waals surface area contributed by atoms with Crippen molar-refractivity contribution in [1.82, 2.24) is 0 Å². The Morgan fingerprint density at radius 1 is 1.56 bits per heavy atom. The molecular formula is C12H16FNO4. The van der Waals surface area contributed by atoms with Crippen molar-refractivity contribution in [2.24, 2.45) is 0 Å². The lowest BCUT2D eigenvalue weighted by Crippen LogP contribution is -2.33. The van der Waals surface area contributed by atoms with Crippen molar-refractivity contribution >= 4 is 11.7 Å². The largest absolute Gasteiger partial charge is 0.478 e. The maximum Gasteiger partial charge on any atom is 0.337 e. The maximum atomic E-state index is 13.7. The zero-order valence-electron chi connectivity index (χ0n) is 10.3. The Bertz CT molecular complexity index is 425. The quantitative estimate of drug-likeness (QED) is 0.794. The van der Waals surface area contributed by atoms with E-state index in [1.54, 1.807) is 0 Å². The first-order chi connectivity index (χ1) is 8.47. The number of para-hydroxylation sites is 1. The Hall–Kier alpha value is -1.66. The van der Waals surface area contributed by atoms with Gasteiger partial charge in [-0.1, -0.05) is 6.07 Å². The molecule has 1 aromatic carbocycles. The van der Waals surface area contributed by atoms with Crippen LogP contribution in [-0.4, -0.2) is 49.6 Å². The second-order valence-electron chi connectivity index (χ2n) is 3.93. The Labute approximate surface area is 104 Å². The zero-order valence-corrected chi connectivity index (χ0v) is 10.3. The van der Waals surface area contributed by atoms with E-state index in [-0.39, 0.29) is 24.4 Å². The normalized spacial score (nSPS) is 12.2. The summed E-state index contributed by atoms with van der Waals surface area (Å²) in [6.07, 6.45) is -0.818. The summed E-state index contributed by atoms with van der Waals surface area (Å²) in [7, 11) is 2.96. The molecule has 100 valence electrons. The highest BCUT2D eigenvalue weighted by atomic mass is 19.1. The van der Waals surface area contributed by atoms with Gasteiger partial charge < -0.3 is 19.8 Å². The molecule has 0 bridgehead atoms. The molecule has 1 atom stereocenters. The first-order valence-electron chi connectivity index (χ1n) is 5.37. The van der Waals surface area contributed by atoms with Crippen molar-refractivity contribution in [2.75, 3.05) is 32.2 Å². The van der Waals surface area contributed by atoms with E-state index in [0.717, 1.165) is 0 Å². The number of anilines is 1. The van der Waals surface area contributed by atoms with E-state index in [1.807, 2.05) is 0 Å². The van der Waals surface area contributed by atoms with Crippen molar-refractivity contribution in [2.45, 2.75) is 6.10 Å². The van der Waals surface area contributed by atoms with Gasteiger partial charge in [0.25, 0.3) is 0 Å². The molecule has 1 rings (SSSR count). The molecule has 1 aromatic rings. The minimum Gasteiger partial charge on any atom is -0.478 e. The monoisotopic (exact) mass is 257 g/mol. The average Bonchev–Trinajstić information content (AvgIpc) is 2.28. The molecule has 0 amide bonds. The molecule has 0 saturated heterocycles. The number of nitrogens with zero attached hydrogens (tertiary/aromatic N) is 1. The van der Waals surface area contributed by atoms with Gasteiger partial charge in [0.15, 0.2) is 0 Å². The third-order valence-electron chi connectivity index (χ3n) is 2.44. The molecule has 6 heteroatoms. The number of aliphatic hydroxyl groups is 1. The van der Waals surface area contributed by atoms with Crippen LogP contribution in [0.5, 0.6) is 0 Å². The second kappa shape index (κ2) is 6.32. The van der Waals surface area contributed by atoms with Crippen LogP contribution in [0.3, 0.4) is 0 Å². The molecule has 5 nitrogen and oxygen atoms in total. The van der Waals surface area contributed by atoms with Crippen molar-refractivity contribution in [3.05, 3.63) is 29.6 Å². The van der Waals surface area contributed by atoms with Crippen LogP contribution in [-0.2, 0) is 4.74 Å². The molecule has 0 aromatic heterocycles. The fourth-order valence-corrected chi connectivity index (χ4v) is 1.73. The van der Waals surface area contributed by atoms with E-state index < -0.39 is 17.9 Å². The van der Waals surface area contributed by atoms with Gasteiger partial charge in [0.2, 0.25) is 0 Å². The van der Waals surface area contributed by atoms with Gasteiger partial charge in [0.1, 0.15) is 5.82 Å². The Morgan fingerprint density at radius 2 is 2.22 bits per heavy atom. The van der Waals surface area contributed by atoms with Crippen molar-refractivity contribution < 1.29 is 24.1 Å². The number of rotatable bonds is 6. The summed E-state index contributed by atoms with van der Waals surface area (Å²) in [5.41, 5.74) is -0.178. The average molecular weight is 257 g/mol. The van der Waals surface area contributed by atoms with Crippen molar-refractivity contribution in [1.29, 1.82) is 0 Å². The minimum absolute atomic E-state index is 0.0415. The highest BCUT2D eigenvalue weighted by Crippen LogP contribution is 2.23. The summed E-state index contributed by atoms with van der Waals surface area (Å²) in [5, 5.41) is 18.6. The fraction of sp³-hybridized carbons (Fsp3) is 0.417. The molecule has 2 N–H and O–H groups in total. The summed E-state index contributed by atoms with van der Waals surface area (Å²) in [5.74, 6) is -1.85. The van der Waals surface area contributed by atoms with Crippen LogP contribution in [0.15, 0.2) is 18.2 Å². The van der Waals surface area contributed by atoms with Gasteiger partial charge in [-0.2, -0.15) is 0 Å². The fourth-order valence-electron chi connectivity index (χ4n) is 1.73. The van der Waals surface area contributed by atoms with Gasteiger partial charge >= 0.3 is 5.97 Å². The summed E-state index contributed by atoms with van der Waals surface area (Å²) in [6, 6.07) is 3.84. The number of hydrogen-bond acceptors (Lipinski definition) is 4. The van der Waals surface area contributed by atoms with E-state index in [1.165, 1.54) is 37.3 Å². The highest BCUT2D eigenvalue weighted by molar-refractivity contribution is 5.94. The lowest BCUT2D eigenvalue weighted by atomic mass is 10.1. The highest BCUT2D eigenvalue weighted by Gasteiger charge is 2.19. The first kappa shape index (κ1) is 14.4. The second-order valence-corrected chi connectivity index (χ2v) is 3.93. The maximum absolute atomic E-state index is 13.7. The van der Waals surface area contributed by atoms with Crippen LogP contribution in [0.2, 0.25) is 0 Å². The lowest BCUT2D eigenvalue weighted by molar-refractivity contribution is 0.0679.